The lowest BCUT2D eigenvalue weighted by Gasteiger charge is -2.19. The summed E-state index contributed by atoms with van der Waals surface area (Å²) in [6.45, 7) is 6.79. The number of ether oxygens (including phenoxy) is 2. The molecule has 0 unspecified atom stereocenters. The molecule has 0 aromatic heterocycles. The van der Waals surface area contributed by atoms with Gasteiger partial charge in [0.2, 0.25) is 0 Å². The van der Waals surface area contributed by atoms with Crippen molar-refractivity contribution in [2.45, 2.75) is 38.9 Å². The van der Waals surface area contributed by atoms with Crippen LogP contribution in [-0.2, 0) is 16.8 Å². The highest BCUT2D eigenvalue weighted by molar-refractivity contribution is 5.67. The molecular weight excluding hydrogens is 330 g/mol. The molecule has 2 aromatic carbocycles. The first-order chi connectivity index (χ1) is 12.3. The zero-order valence-corrected chi connectivity index (χ0v) is 15.6. The molecule has 0 saturated heterocycles. The zero-order valence-electron chi connectivity index (χ0n) is 15.6. The third-order valence-corrected chi connectivity index (χ3v) is 3.86. The fourth-order valence-corrected chi connectivity index (χ4v) is 2.28. The number of carbonyl (C=O) groups excluding carboxylic acids is 1. The van der Waals surface area contributed by atoms with Crippen molar-refractivity contribution in [1.82, 2.24) is 5.32 Å². The summed E-state index contributed by atoms with van der Waals surface area (Å²) in [7, 11) is 0. The Balaban J connectivity index is 1.67. The van der Waals surface area contributed by atoms with Crippen LogP contribution in [0.15, 0.2) is 54.6 Å². The molecule has 0 bridgehead atoms. The molecule has 0 aliphatic carbocycles. The maximum Gasteiger partial charge on any atom is 0.407 e. The van der Waals surface area contributed by atoms with Crippen molar-refractivity contribution in [2.75, 3.05) is 13.2 Å². The van der Waals surface area contributed by atoms with E-state index in [-0.39, 0.29) is 25.2 Å². The lowest BCUT2D eigenvalue weighted by molar-refractivity contribution is 0.0965. The predicted molar refractivity (Wildman–Crippen MR) is 101 cm³/mol. The summed E-state index contributed by atoms with van der Waals surface area (Å²) in [5.74, 6) is 0.684. The van der Waals surface area contributed by atoms with E-state index in [1.807, 2.05) is 54.6 Å². The van der Waals surface area contributed by atoms with Crippen LogP contribution in [0.25, 0.3) is 0 Å². The molecule has 1 atom stereocenters. The van der Waals surface area contributed by atoms with Gasteiger partial charge in [0.1, 0.15) is 25.1 Å². The fraction of sp³-hybridized carbons (Fsp3) is 0.381. The van der Waals surface area contributed by atoms with E-state index >= 15 is 0 Å². The third-order valence-electron chi connectivity index (χ3n) is 3.86. The first-order valence-corrected chi connectivity index (χ1v) is 8.70. The van der Waals surface area contributed by atoms with Gasteiger partial charge in [-0.05, 0) is 28.7 Å². The molecule has 140 valence electrons. The number of hydrogen-bond donors (Lipinski definition) is 2. The number of carbonyl (C=O) groups is 1. The molecule has 0 spiro atoms. The summed E-state index contributed by atoms with van der Waals surface area (Å²) in [5, 5.41) is 12.5. The highest BCUT2D eigenvalue weighted by Gasteiger charge is 2.13. The van der Waals surface area contributed by atoms with Crippen LogP contribution < -0.4 is 10.1 Å². The Morgan fingerprint density at radius 2 is 1.73 bits per heavy atom. The second kappa shape index (κ2) is 9.25. The Bertz CT molecular complexity index is 677. The Hall–Kier alpha value is -2.53. The van der Waals surface area contributed by atoms with Crippen molar-refractivity contribution in [3.8, 4) is 5.75 Å². The molecule has 2 rings (SSSR count). The quantitative estimate of drug-likeness (QED) is 0.794. The van der Waals surface area contributed by atoms with Crippen LogP contribution in [0.1, 0.15) is 31.9 Å². The minimum atomic E-state index is -0.818. The maximum atomic E-state index is 11.6. The lowest BCUT2D eigenvalue weighted by atomic mass is 9.87. The van der Waals surface area contributed by atoms with Crippen molar-refractivity contribution < 1.29 is 19.4 Å². The number of aliphatic hydroxyl groups is 1. The second-order valence-corrected chi connectivity index (χ2v) is 7.18. The van der Waals surface area contributed by atoms with Crippen LogP contribution in [-0.4, -0.2) is 30.5 Å². The van der Waals surface area contributed by atoms with Crippen molar-refractivity contribution in [3.05, 3.63) is 65.7 Å². The molecule has 0 fully saturated rings. The summed E-state index contributed by atoms with van der Waals surface area (Å²) in [5.41, 5.74) is 2.21. The van der Waals surface area contributed by atoms with E-state index < -0.39 is 12.2 Å². The van der Waals surface area contributed by atoms with Gasteiger partial charge in [-0.15, -0.1) is 0 Å². The minimum Gasteiger partial charge on any atom is -0.491 e. The monoisotopic (exact) mass is 357 g/mol. The Labute approximate surface area is 155 Å². The van der Waals surface area contributed by atoms with E-state index in [9.17, 15) is 9.90 Å². The molecule has 1 amide bonds. The van der Waals surface area contributed by atoms with Crippen molar-refractivity contribution >= 4 is 6.09 Å². The molecular formula is C21H27NO4. The molecule has 0 aliphatic heterocycles. The van der Waals surface area contributed by atoms with E-state index in [4.69, 9.17) is 9.47 Å². The fourth-order valence-electron chi connectivity index (χ4n) is 2.28. The van der Waals surface area contributed by atoms with Gasteiger partial charge in [-0.1, -0.05) is 63.2 Å². The van der Waals surface area contributed by atoms with Crippen LogP contribution >= 0.6 is 0 Å². The van der Waals surface area contributed by atoms with Gasteiger partial charge >= 0.3 is 6.09 Å². The van der Waals surface area contributed by atoms with Gasteiger partial charge in [0.15, 0.2) is 0 Å². The molecule has 0 aliphatic rings. The zero-order chi connectivity index (χ0) is 19.0. The van der Waals surface area contributed by atoms with Gasteiger partial charge in [-0.25, -0.2) is 4.79 Å². The highest BCUT2D eigenvalue weighted by atomic mass is 16.5. The van der Waals surface area contributed by atoms with E-state index in [2.05, 4.69) is 26.1 Å². The second-order valence-electron chi connectivity index (χ2n) is 7.18. The average molecular weight is 357 g/mol. The number of aliphatic hydroxyl groups excluding tert-OH is 1. The smallest absolute Gasteiger partial charge is 0.407 e. The molecule has 0 heterocycles. The lowest BCUT2D eigenvalue weighted by Crippen LogP contribution is -2.35. The Morgan fingerprint density at radius 3 is 2.35 bits per heavy atom. The maximum absolute atomic E-state index is 11.6. The van der Waals surface area contributed by atoms with Crippen LogP contribution in [0.4, 0.5) is 4.79 Å². The Morgan fingerprint density at radius 1 is 1.08 bits per heavy atom. The van der Waals surface area contributed by atoms with E-state index in [0.717, 1.165) is 5.56 Å². The molecule has 2 aromatic rings. The minimum absolute atomic E-state index is 0.0632. The molecule has 26 heavy (non-hydrogen) atoms. The van der Waals surface area contributed by atoms with Crippen LogP contribution in [0.2, 0.25) is 0 Å². The van der Waals surface area contributed by atoms with Gasteiger partial charge in [0.05, 0.1) is 6.54 Å². The first kappa shape index (κ1) is 19.8. The molecule has 0 saturated carbocycles. The number of benzene rings is 2. The summed E-state index contributed by atoms with van der Waals surface area (Å²) in [4.78, 5) is 11.6. The van der Waals surface area contributed by atoms with Crippen LogP contribution in [0.3, 0.4) is 0 Å². The summed E-state index contributed by atoms with van der Waals surface area (Å²) < 4.78 is 10.6. The van der Waals surface area contributed by atoms with Crippen molar-refractivity contribution in [2.24, 2.45) is 0 Å². The molecule has 5 nitrogen and oxygen atoms in total. The van der Waals surface area contributed by atoms with Gasteiger partial charge in [-0.3, -0.25) is 0 Å². The predicted octanol–water partition coefficient (Wildman–Crippen LogP) is 3.65. The van der Waals surface area contributed by atoms with E-state index in [1.165, 1.54) is 5.56 Å². The van der Waals surface area contributed by atoms with Gasteiger partial charge in [-0.2, -0.15) is 0 Å². The summed E-state index contributed by atoms with van der Waals surface area (Å²) >= 11 is 0. The van der Waals surface area contributed by atoms with E-state index in [0.29, 0.717) is 5.75 Å². The highest BCUT2D eigenvalue weighted by Crippen LogP contribution is 2.24. The number of nitrogens with one attached hydrogen (secondary N) is 1. The third kappa shape index (κ3) is 6.76. The SMILES string of the molecule is CC(C)(C)c1ccc(OC[C@H](O)CNC(=O)OCc2ccccc2)cc1. The molecule has 2 N–H and O–H groups in total. The number of hydrogen-bond acceptors (Lipinski definition) is 4. The van der Waals surface area contributed by atoms with Gasteiger partial charge in [0.25, 0.3) is 0 Å². The normalized spacial score (nSPS) is 12.3. The summed E-state index contributed by atoms with van der Waals surface area (Å²) in [6, 6.07) is 17.2. The number of rotatable bonds is 7. The van der Waals surface area contributed by atoms with Gasteiger partial charge in [0, 0.05) is 0 Å². The average Bonchev–Trinajstić information content (AvgIpc) is 2.63. The van der Waals surface area contributed by atoms with Crippen LogP contribution in [0.5, 0.6) is 5.75 Å². The van der Waals surface area contributed by atoms with Crippen molar-refractivity contribution in [3.63, 3.8) is 0 Å². The standard InChI is InChI=1S/C21H27NO4/c1-21(2,3)17-9-11-19(12-10-17)25-15-18(23)13-22-20(24)26-14-16-7-5-4-6-8-16/h4-12,18,23H,13-15H2,1-3H3,(H,22,24)/t18-/m1/s1. The van der Waals surface area contributed by atoms with Gasteiger partial charge < -0.3 is 19.9 Å². The van der Waals surface area contributed by atoms with E-state index in [1.54, 1.807) is 0 Å². The van der Waals surface area contributed by atoms with Crippen molar-refractivity contribution in [1.29, 1.82) is 0 Å². The largest absolute Gasteiger partial charge is 0.491 e. The van der Waals surface area contributed by atoms with Crippen LogP contribution in [0, 0.1) is 0 Å². The Kier molecular flexibility index (Phi) is 7.04. The summed E-state index contributed by atoms with van der Waals surface area (Å²) in [6.07, 6.45) is -1.39. The molecule has 0 radical (unpaired) electrons. The topological polar surface area (TPSA) is 67.8 Å². The molecule has 5 heteroatoms. The number of amides is 1. The number of alkyl carbamates (subject to hydrolysis) is 1. The first-order valence-electron chi connectivity index (χ1n) is 8.70.